The Balaban J connectivity index is 0.0000208. The van der Waals surface area contributed by atoms with Gasteiger partial charge < -0.3 is 44.0 Å². The fourth-order valence-corrected chi connectivity index (χ4v) is 11.3. The van der Waals surface area contributed by atoms with Crippen molar-refractivity contribution >= 4 is 35.6 Å². The van der Waals surface area contributed by atoms with Crippen LogP contribution in [0.2, 0.25) is 0 Å². The lowest BCUT2D eigenvalue weighted by Gasteiger charge is -2.43. The lowest BCUT2D eigenvalue weighted by Crippen LogP contribution is -2.54. The summed E-state index contributed by atoms with van der Waals surface area (Å²) >= 11 is 1.46. The Hall–Kier alpha value is -3.69. The monoisotopic (exact) mass is 1110 g/mol. The number of amides is 1. The zero-order chi connectivity index (χ0) is 55.7. The van der Waals surface area contributed by atoms with Crippen LogP contribution in [0.15, 0.2) is 59.5 Å². The average Bonchev–Trinajstić information content (AvgIpc) is 3.43. The maximum atomic E-state index is 13.6. The second kappa shape index (κ2) is 45.0. The summed E-state index contributed by atoms with van der Waals surface area (Å²) in [5, 5.41) is 25.0. The number of unbranched alkanes of at least 4 members (excludes halogenated alkanes) is 25. The summed E-state index contributed by atoms with van der Waals surface area (Å²) in [7, 11) is 1.61. The zero-order valence-electron chi connectivity index (χ0n) is 48.2. The van der Waals surface area contributed by atoms with E-state index < -0.39 is 72.4 Å². The summed E-state index contributed by atoms with van der Waals surface area (Å²) in [6, 6.07) is 16.3. The van der Waals surface area contributed by atoms with Gasteiger partial charge in [0.25, 0.3) is 0 Å². The van der Waals surface area contributed by atoms with Crippen LogP contribution in [0, 0.1) is 5.92 Å². The molecule has 0 spiro atoms. The number of esters is 3. The molecule has 1 amide bonds. The number of thioether (sulfide) groups is 1. The number of aliphatic hydroxyl groups is 2. The molecule has 1 aliphatic rings. The number of hydrogen-bond donors (Lipinski definition) is 3. The van der Waals surface area contributed by atoms with E-state index in [2.05, 4.69) is 19.2 Å². The number of methoxy groups -OCH3 is 1. The maximum Gasteiger partial charge on any atom is 0.306 e. The van der Waals surface area contributed by atoms with Crippen molar-refractivity contribution in [2.45, 2.75) is 288 Å². The van der Waals surface area contributed by atoms with Crippen molar-refractivity contribution in [1.82, 2.24) is 5.32 Å². The molecule has 3 rings (SSSR count). The molecule has 2 unspecified atom stereocenters. The number of carbonyl (C=O) groups is 4. The SMILES string of the molecule is C.CCCCCCCCCCCCCCCCCC(=O)N[C@@H](CO)[C@H](OC(C)=O)[C@@H](CCCCCCCCCCCCCC)OC(=O)CCC(=O)OCC1O[C@@H](Sc2ccccc2)C(OCc2ccc(OC)cc2)[C@@H](C)[C@@H]1O. The highest BCUT2D eigenvalue weighted by Crippen LogP contribution is 2.38. The molecule has 3 N–H and O–H groups in total. The van der Waals surface area contributed by atoms with Crippen molar-refractivity contribution in [2.24, 2.45) is 5.92 Å². The summed E-state index contributed by atoms with van der Waals surface area (Å²) in [5.41, 5.74) is 0.394. The van der Waals surface area contributed by atoms with E-state index in [4.69, 9.17) is 28.4 Å². The number of carbonyl (C=O) groups excluding carboxylic acids is 4. The summed E-state index contributed by atoms with van der Waals surface area (Å²) in [6.07, 6.45) is 27.4. The molecule has 1 saturated heterocycles. The fraction of sp³-hybridized carbons (Fsp3) is 0.750. The molecular weight excluding hydrogens is 1010 g/mol. The molecule has 78 heavy (non-hydrogen) atoms. The van der Waals surface area contributed by atoms with Crippen LogP contribution in [0.1, 0.15) is 240 Å². The highest BCUT2D eigenvalue weighted by Gasteiger charge is 2.45. The van der Waals surface area contributed by atoms with Gasteiger partial charge in [-0.1, -0.05) is 231 Å². The molecule has 0 aromatic heterocycles. The van der Waals surface area contributed by atoms with Gasteiger partial charge in [-0.2, -0.15) is 0 Å². The molecule has 0 bridgehead atoms. The Morgan fingerprint density at radius 2 is 1.15 bits per heavy atom. The van der Waals surface area contributed by atoms with Crippen molar-refractivity contribution in [3.05, 3.63) is 60.2 Å². The first kappa shape index (κ1) is 70.4. The highest BCUT2D eigenvalue weighted by atomic mass is 32.2. The van der Waals surface area contributed by atoms with Crippen LogP contribution in [0.3, 0.4) is 0 Å². The third-order valence-corrected chi connectivity index (χ3v) is 16.0. The molecule has 8 atom stereocenters. The molecule has 0 saturated carbocycles. The molecule has 14 heteroatoms. The number of ether oxygens (including phenoxy) is 6. The maximum absolute atomic E-state index is 13.6. The Morgan fingerprint density at radius 3 is 1.65 bits per heavy atom. The van der Waals surface area contributed by atoms with Crippen molar-refractivity contribution < 1.29 is 57.8 Å². The van der Waals surface area contributed by atoms with E-state index in [1.807, 2.05) is 61.5 Å². The second-order valence-electron chi connectivity index (χ2n) is 21.5. The number of nitrogens with one attached hydrogen (secondary N) is 1. The smallest absolute Gasteiger partial charge is 0.306 e. The normalized spacial score (nSPS) is 18.3. The topological polar surface area (TPSA) is 176 Å². The molecule has 2 aromatic rings. The van der Waals surface area contributed by atoms with Crippen LogP contribution in [0.4, 0.5) is 0 Å². The number of rotatable bonds is 46. The molecule has 0 radical (unpaired) electrons. The number of hydrogen-bond acceptors (Lipinski definition) is 13. The minimum Gasteiger partial charge on any atom is -0.497 e. The van der Waals surface area contributed by atoms with Crippen molar-refractivity contribution in [2.75, 3.05) is 20.3 Å². The summed E-state index contributed by atoms with van der Waals surface area (Å²) in [6.45, 7) is 7.14. The van der Waals surface area contributed by atoms with Gasteiger partial charge in [0.1, 0.15) is 30.0 Å². The third-order valence-electron chi connectivity index (χ3n) is 14.8. The zero-order valence-corrected chi connectivity index (χ0v) is 49.1. The van der Waals surface area contributed by atoms with E-state index in [1.54, 1.807) is 7.11 Å². The van der Waals surface area contributed by atoms with Gasteiger partial charge in [0, 0.05) is 24.2 Å². The predicted molar refractivity (Wildman–Crippen MR) is 314 cm³/mol. The van der Waals surface area contributed by atoms with Gasteiger partial charge in [0.05, 0.1) is 51.4 Å². The van der Waals surface area contributed by atoms with Crippen LogP contribution in [-0.2, 0) is 49.5 Å². The van der Waals surface area contributed by atoms with E-state index in [9.17, 15) is 29.4 Å². The van der Waals surface area contributed by atoms with Crippen molar-refractivity contribution in [3.63, 3.8) is 0 Å². The quantitative estimate of drug-likeness (QED) is 0.0325. The second-order valence-corrected chi connectivity index (χ2v) is 22.6. The van der Waals surface area contributed by atoms with Crippen LogP contribution < -0.4 is 10.1 Å². The molecule has 1 heterocycles. The van der Waals surface area contributed by atoms with E-state index in [0.29, 0.717) is 19.3 Å². The molecule has 1 aliphatic heterocycles. The van der Waals surface area contributed by atoms with Crippen molar-refractivity contribution in [3.8, 4) is 5.75 Å². The van der Waals surface area contributed by atoms with Crippen LogP contribution >= 0.6 is 11.8 Å². The molecule has 2 aromatic carbocycles. The van der Waals surface area contributed by atoms with Gasteiger partial charge in [0.15, 0.2) is 6.10 Å². The standard InChI is InChI=1S/C63H103NO12S.CH4/c1-6-8-10-12-14-16-18-20-21-22-24-26-28-30-35-39-57(67)64-54(46-65)62(74-50(4)66)55(38-34-29-27-25-23-19-17-15-13-11-9-7-2)75-59(69)45-44-58(68)72-48-56-60(70)49(3)61(63(76-56)77-53-36-32-31-33-37-53)73-47-51-40-42-52(71-5)43-41-51;/h31-33,36-37,40-43,49,54-56,60-63,65,70H,6-30,34-35,38-39,44-48H2,1-5H3,(H,64,67);1H4/t49-,54-,55+,56?,60-,61?,62-,63-;/m0./s1. The molecule has 446 valence electrons. The van der Waals surface area contributed by atoms with Gasteiger partial charge in [-0.3, -0.25) is 19.2 Å². The van der Waals surface area contributed by atoms with Crippen LogP contribution in [-0.4, -0.2) is 96.3 Å². The Kier molecular flexibility index (Phi) is 40.6. The predicted octanol–water partition coefficient (Wildman–Crippen LogP) is 14.7. The van der Waals surface area contributed by atoms with Crippen LogP contribution in [0.5, 0.6) is 5.75 Å². The Labute approximate surface area is 476 Å². The lowest BCUT2D eigenvalue weighted by molar-refractivity contribution is -0.201. The molecule has 1 fully saturated rings. The van der Waals surface area contributed by atoms with E-state index in [1.165, 1.54) is 134 Å². The summed E-state index contributed by atoms with van der Waals surface area (Å²) in [4.78, 5) is 53.7. The Morgan fingerprint density at radius 1 is 0.654 bits per heavy atom. The summed E-state index contributed by atoms with van der Waals surface area (Å²) < 4.78 is 35.6. The number of benzene rings is 2. The molecule has 0 aliphatic carbocycles. The average molecular weight is 1110 g/mol. The first-order chi connectivity index (χ1) is 37.5. The Bertz CT molecular complexity index is 1820. The summed E-state index contributed by atoms with van der Waals surface area (Å²) in [5.74, 6) is -1.94. The van der Waals surface area contributed by atoms with Gasteiger partial charge >= 0.3 is 17.9 Å². The van der Waals surface area contributed by atoms with Gasteiger partial charge in [-0.05, 0) is 49.1 Å². The third kappa shape index (κ3) is 31.3. The minimum absolute atomic E-state index is 0. The number of aliphatic hydroxyl groups excluding tert-OH is 2. The molecular formula is C64H107NO12S. The van der Waals surface area contributed by atoms with Crippen LogP contribution in [0.25, 0.3) is 0 Å². The van der Waals surface area contributed by atoms with E-state index >= 15 is 0 Å². The first-order valence-corrected chi connectivity index (χ1v) is 31.1. The molecule has 13 nitrogen and oxygen atoms in total. The van der Waals surface area contributed by atoms with Gasteiger partial charge in [0.2, 0.25) is 5.91 Å². The largest absolute Gasteiger partial charge is 0.497 e. The first-order valence-electron chi connectivity index (χ1n) is 30.2. The lowest BCUT2D eigenvalue weighted by atomic mass is 9.91. The van der Waals surface area contributed by atoms with Crippen molar-refractivity contribution in [1.29, 1.82) is 0 Å². The van der Waals surface area contributed by atoms with Gasteiger partial charge in [-0.15, -0.1) is 0 Å². The fourth-order valence-electron chi connectivity index (χ4n) is 10.1. The highest BCUT2D eigenvalue weighted by molar-refractivity contribution is 7.99. The van der Waals surface area contributed by atoms with Gasteiger partial charge in [-0.25, -0.2) is 0 Å². The minimum atomic E-state index is -1.15. The van der Waals surface area contributed by atoms with E-state index in [0.717, 1.165) is 61.2 Å². The van der Waals surface area contributed by atoms with E-state index in [-0.39, 0.29) is 45.8 Å².